The maximum atomic E-state index is 12.0. The summed E-state index contributed by atoms with van der Waals surface area (Å²) in [5.41, 5.74) is 0. The zero-order chi connectivity index (χ0) is 13.7. The van der Waals surface area contributed by atoms with Crippen LogP contribution in [-0.2, 0) is 9.59 Å². The lowest BCUT2D eigenvalue weighted by atomic mass is 9.99. The minimum absolute atomic E-state index is 0.0466. The molecular formula is C13H25N3O2. The van der Waals surface area contributed by atoms with Gasteiger partial charge >= 0.3 is 0 Å². The van der Waals surface area contributed by atoms with Gasteiger partial charge in [0.15, 0.2) is 0 Å². The molecule has 1 rings (SSSR count). The van der Waals surface area contributed by atoms with Gasteiger partial charge in [0, 0.05) is 19.6 Å². The minimum Gasteiger partial charge on any atom is -0.344 e. The number of likely N-dealkylation sites (N-methyl/N-ethyl adjacent to an activating group) is 1. The van der Waals surface area contributed by atoms with Gasteiger partial charge in [0.05, 0.1) is 6.04 Å². The van der Waals surface area contributed by atoms with Gasteiger partial charge < -0.3 is 15.5 Å². The van der Waals surface area contributed by atoms with Crippen LogP contribution >= 0.6 is 0 Å². The highest BCUT2D eigenvalue weighted by Crippen LogP contribution is 2.12. The van der Waals surface area contributed by atoms with E-state index < -0.39 is 6.04 Å². The molecule has 0 spiro atoms. The third-order valence-corrected chi connectivity index (χ3v) is 3.51. The standard InChI is InChI=1S/C13H25N3O2/c1-5-16(4)13(18)10(3)15-12(17)11-8-6-7-9(2)14-11/h9-11,14H,5-8H2,1-4H3,(H,15,17). The van der Waals surface area contributed by atoms with Gasteiger partial charge in [-0.25, -0.2) is 0 Å². The predicted molar refractivity (Wildman–Crippen MR) is 71.2 cm³/mol. The molecule has 2 amide bonds. The smallest absolute Gasteiger partial charge is 0.244 e. The number of hydrogen-bond acceptors (Lipinski definition) is 3. The Morgan fingerprint density at radius 3 is 2.67 bits per heavy atom. The quantitative estimate of drug-likeness (QED) is 0.769. The molecule has 0 radical (unpaired) electrons. The summed E-state index contributed by atoms with van der Waals surface area (Å²) >= 11 is 0. The van der Waals surface area contributed by atoms with Gasteiger partial charge in [0.1, 0.15) is 6.04 Å². The fraction of sp³-hybridized carbons (Fsp3) is 0.846. The molecule has 104 valence electrons. The van der Waals surface area contributed by atoms with Crippen molar-refractivity contribution in [2.75, 3.05) is 13.6 Å². The van der Waals surface area contributed by atoms with E-state index in [1.165, 1.54) is 0 Å². The number of nitrogens with zero attached hydrogens (tertiary/aromatic N) is 1. The number of piperidine rings is 1. The first kappa shape index (κ1) is 15.0. The van der Waals surface area contributed by atoms with Gasteiger partial charge in [-0.05, 0) is 40.0 Å². The number of carbonyl (C=O) groups is 2. The largest absolute Gasteiger partial charge is 0.344 e. The second-order valence-electron chi connectivity index (χ2n) is 5.13. The molecule has 0 bridgehead atoms. The first-order valence-electron chi connectivity index (χ1n) is 6.77. The molecule has 18 heavy (non-hydrogen) atoms. The monoisotopic (exact) mass is 255 g/mol. The summed E-state index contributed by atoms with van der Waals surface area (Å²) in [6.45, 7) is 6.38. The lowest BCUT2D eigenvalue weighted by molar-refractivity contribution is -0.135. The molecule has 0 aromatic carbocycles. The highest BCUT2D eigenvalue weighted by molar-refractivity contribution is 5.89. The van der Waals surface area contributed by atoms with Crippen molar-refractivity contribution in [3.8, 4) is 0 Å². The Kier molecular flexibility index (Phi) is 5.59. The first-order valence-corrected chi connectivity index (χ1v) is 6.77. The third kappa shape index (κ3) is 3.98. The molecule has 3 atom stereocenters. The van der Waals surface area contributed by atoms with Gasteiger partial charge in [0.2, 0.25) is 11.8 Å². The third-order valence-electron chi connectivity index (χ3n) is 3.51. The average Bonchev–Trinajstić information content (AvgIpc) is 2.36. The van der Waals surface area contributed by atoms with Crippen LogP contribution in [0.1, 0.15) is 40.0 Å². The van der Waals surface area contributed by atoms with Crippen LogP contribution in [0.4, 0.5) is 0 Å². The van der Waals surface area contributed by atoms with Crippen LogP contribution in [0, 0.1) is 0 Å². The molecule has 2 N–H and O–H groups in total. The van der Waals surface area contributed by atoms with Crippen molar-refractivity contribution < 1.29 is 9.59 Å². The lowest BCUT2D eigenvalue weighted by Crippen LogP contribution is -2.54. The summed E-state index contributed by atoms with van der Waals surface area (Å²) in [6, 6.07) is -0.240. The fourth-order valence-corrected chi connectivity index (χ4v) is 2.21. The summed E-state index contributed by atoms with van der Waals surface area (Å²) in [7, 11) is 1.74. The van der Waals surface area contributed by atoms with Crippen LogP contribution in [0.2, 0.25) is 0 Å². The Labute approximate surface area is 109 Å². The van der Waals surface area contributed by atoms with Crippen molar-refractivity contribution in [3.63, 3.8) is 0 Å². The van der Waals surface area contributed by atoms with Crippen LogP contribution in [0.25, 0.3) is 0 Å². The van der Waals surface area contributed by atoms with Crippen LogP contribution in [0.3, 0.4) is 0 Å². The Bertz CT molecular complexity index is 307. The Morgan fingerprint density at radius 1 is 1.44 bits per heavy atom. The van der Waals surface area contributed by atoms with Gasteiger partial charge in [-0.2, -0.15) is 0 Å². The van der Waals surface area contributed by atoms with E-state index in [0.29, 0.717) is 12.6 Å². The van der Waals surface area contributed by atoms with Crippen molar-refractivity contribution in [2.24, 2.45) is 0 Å². The Morgan fingerprint density at radius 2 is 2.11 bits per heavy atom. The van der Waals surface area contributed by atoms with E-state index in [4.69, 9.17) is 0 Å². The molecule has 5 nitrogen and oxygen atoms in total. The molecule has 5 heteroatoms. The maximum Gasteiger partial charge on any atom is 0.244 e. The predicted octanol–water partition coefficient (Wildman–Crippen LogP) is 0.500. The average molecular weight is 255 g/mol. The summed E-state index contributed by atoms with van der Waals surface area (Å²) in [4.78, 5) is 25.5. The van der Waals surface area contributed by atoms with Crippen LogP contribution in [0.5, 0.6) is 0 Å². The summed E-state index contributed by atoms with van der Waals surface area (Å²) in [5, 5.41) is 6.06. The topological polar surface area (TPSA) is 61.4 Å². The molecule has 0 aromatic rings. The van der Waals surface area contributed by atoms with Crippen molar-refractivity contribution in [2.45, 2.75) is 58.2 Å². The van der Waals surface area contributed by atoms with E-state index in [-0.39, 0.29) is 17.9 Å². The van der Waals surface area contributed by atoms with Crippen LogP contribution in [0.15, 0.2) is 0 Å². The fourth-order valence-electron chi connectivity index (χ4n) is 2.21. The summed E-state index contributed by atoms with van der Waals surface area (Å²) in [5.74, 6) is -0.110. The SMILES string of the molecule is CCN(C)C(=O)C(C)NC(=O)C1CCCC(C)N1. The number of nitrogens with one attached hydrogen (secondary N) is 2. The molecule has 1 aliphatic rings. The molecule has 0 saturated carbocycles. The maximum absolute atomic E-state index is 12.0. The second kappa shape index (κ2) is 6.73. The molecule has 1 fully saturated rings. The van der Waals surface area contributed by atoms with Crippen LogP contribution < -0.4 is 10.6 Å². The number of rotatable bonds is 4. The van der Waals surface area contributed by atoms with Gasteiger partial charge in [-0.1, -0.05) is 0 Å². The molecule has 1 heterocycles. The van der Waals surface area contributed by atoms with E-state index in [1.54, 1.807) is 18.9 Å². The molecular weight excluding hydrogens is 230 g/mol. The van der Waals surface area contributed by atoms with Crippen molar-refractivity contribution in [3.05, 3.63) is 0 Å². The van der Waals surface area contributed by atoms with E-state index in [9.17, 15) is 9.59 Å². The van der Waals surface area contributed by atoms with Crippen molar-refractivity contribution in [1.29, 1.82) is 0 Å². The van der Waals surface area contributed by atoms with Crippen molar-refractivity contribution in [1.82, 2.24) is 15.5 Å². The highest BCUT2D eigenvalue weighted by atomic mass is 16.2. The van der Waals surface area contributed by atoms with E-state index in [0.717, 1.165) is 19.3 Å². The lowest BCUT2D eigenvalue weighted by Gasteiger charge is -2.29. The normalized spacial score (nSPS) is 25.3. The van der Waals surface area contributed by atoms with Gasteiger partial charge in [0.25, 0.3) is 0 Å². The Balaban J connectivity index is 2.46. The molecule has 1 aliphatic heterocycles. The molecule has 0 aromatic heterocycles. The zero-order valence-electron chi connectivity index (χ0n) is 11.8. The van der Waals surface area contributed by atoms with Gasteiger partial charge in [-0.3, -0.25) is 9.59 Å². The van der Waals surface area contributed by atoms with Gasteiger partial charge in [-0.15, -0.1) is 0 Å². The summed E-state index contributed by atoms with van der Waals surface area (Å²) in [6.07, 6.45) is 3.01. The summed E-state index contributed by atoms with van der Waals surface area (Å²) < 4.78 is 0. The molecule has 1 saturated heterocycles. The van der Waals surface area contributed by atoms with E-state index in [2.05, 4.69) is 17.6 Å². The minimum atomic E-state index is -0.457. The Hall–Kier alpha value is -1.10. The highest BCUT2D eigenvalue weighted by Gasteiger charge is 2.27. The molecule has 3 unspecified atom stereocenters. The van der Waals surface area contributed by atoms with E-state index in [1.807, 2.05) is 6.92 Å². The van der Waals surface area contributed by atoms with Crippen molar-refractivity contribution >= 4 is 11.8 Å². The second-order valence-corrected chi connectivity index (χ2v) is 5.13. The number of amides is 2. The zero-order valence-corrected chi connectivity index (χ0v) is 11.8. The number of carbonyl (C=O) groups excluding carboxylic acids is 2. The number of hydrogen-bond donors (Lipinski definition) is 2. The van der Waals surface area contributed by atoms with Crippen LogP contribution in [-0.4, -0.2) is 48.4 Å². The first-order chi connectivity index (χ1) is 8.45. The molecule has 0 aliphatic carbocycles. The van der Waals surface area contributed by atoms with E-state index >= 15 is 0 Å².